The first-order valence-corrected chi connectivity index (χ1v) is 11.2. The lowest BCUT2D eigenvalue weighted by atomic mass is 9.95. The second kappa shape index (κ2) is 9.13. The molecule has 1 aromatic heterocycles. The Balaban J connectivity index is 1.35. The second-order valence-electron chi connectivity index (χ2n) is 7.79. The van der Waals surface area contributed by atoms with E-state index in [0.29, 0.717) is 5.91 Å². The molecule has 1 aromatic carbocycles. The van der Waals surface area contributed by atoms with E-state index in [1.807, 2.05) is 18.2 Å². The fourth-order valence-corrected chi connectivity index (χ4v) is 5.08. The maximum atomic E-state index is 12.6. The highest BCUT2D eigenvalue weighted by Gasteiger charge is 2.30. The molecule has 0 bridgehead atoms. The number of likely N-dealkylation sites (tertiary alicyclic amines) is 2. The van der Waals surface area contributed by atoms with Crippen LogP contribution in [0.5, 0.6) is 11.5 Å². The van der Waals surface area contributed by atoms with Crippen molar-refractivity contribution in [1.82, 2.24) is 14.8 Å². The number of carbonyl (C=O) groups excluding carboxylic acids is 1. The molecule has 0 N–H and O–H groups in total. The summed E-state index contributed by atoms with van der Waals surface area (Å²) in [4.78, 5) is 21.9. The Kier molecular flexibility index (Phi) is 6.35. The molecule has 1 amide bonds. The number of aromatic nitrogens is 1. The Labute approximate surface area is 176 Å². The average molecular weight is 416 g/mol. The molecule has 7 heteroatoms. The van der Waals surface area contributed by atoms with Gasteiger partial charge in [-0.3, -0.25) is 9.69 Å². The maximum Gasteiger partial charge on any atom is 0.225 e. The monoisotopic (exact) mass is 415 g/mol. The number of piperidine rings is 1. The molecule has 2 aromatic rings. The summed E-state index contributed by atoms with van der Waals surface area (Å²) in [5.74, 6) is 2.13. The van der Waals surface area contributed by atoms with Crippen LogP contribution < -0.4 is 9.47 Å². The zero-order chi connectivity index (χ0) is 20.2. The third-order valence-corrected chi connectivity index (χ3v) is 6.86. The third-order valence-electron chi connectivity index (χ3n) is 5.93. The molecular weight excluding hydrogens is 386 g/mol. The summed E-state index contributed by atoms with van der Waals surface area (Å²) in [6.45, 7) is 4.66. The highest BCUT2D eigenvalue weighted by molar-refractivity contribution is 7.13. The Bertz CT molecular complexity index is 840. The minimum absolute atomic E-state index is 0.207. The van der Waals surface area contributed by atoms with Gasteiger partial charge in [0.1, 0.15) is 16.5 Å². The Morgan fingerprint density at radius 3 is 2.59 bits per heavy atom. The summed E-state index contributed by atoms with van der Waals surface area (Å²) >= 11 is 1.64. The van der Waals surface area contributed by atoms with Crippen LogP contribution in [0.3, 0.4) is 0 Å². The summed E-state index contributed by atoms with van der Waals surface area (Å²) in [6.07, 6.45) is 4.24. The lowest BCUT2D eigenvalue weighted by molar-refractivity contribution is -0.136. The molecule has 0 radical (unpaired) electrons. The van der Waals surface area contributed by atoms with Crippen molar-refractivity contribution in [1.29, 1.82) is 0 Å². The Hall–Kier alpha value is -2.12. The second-order valence-corrected chi connectivity index (χ2v) is 8.65. The maximum absolute atomic E-state index is 12.6. The van der Waals surface area contributed by atoms with E-state index in [2.05, 4.69) is 15.2 Å². The zero-order valence-corrected chi connectivity index (χ0v) is 18.0. The van der Waals surface area contributed by atoms with E-state index in [1.165, 1.54) is 0 Å². The van der Waals surface area contributed by atoms with Crippen molar-refractivity contribution in [2.24, 2.45) is 5.92 Å². The fraction of sp³-hybridized carbons (Fsp3) is 0.545. The van der Waals surface area contributed by atoms with E-state index in [-0.39, 0.29) is 5.92 Å². The van der Waals surface area contributed by atoms with Crippen molar-refractivity contribution in [3.63, 3.8) is 0 Å². The third kappa shape index (κ3) is 4.56. The van der Waals surface area contributed by atoms with Gasteiger partial charge in [-0.05, 0) is 50.9 Å². The van der Waals surface area contributed by atoms with E-state index in [9.17, 15) is 4.79 Å². The topological polar surface area (TPSA) is 54.9 Å². The number of ether oxygens (including phenoxy) is 2. The molecule has 0 atom stereocenters. The molecule has 156 valence electrons. The molecule has 0 unspecified atom stereocenters. The minimum Gasteiger partial charge on any atom is -0.497 e. The SMILES string of the molecule is COc1ccc(-c2nc(CN3CCC(C(=O)N4CCCC4)CC3)cs2)c(OC)c1. The predicted octanol–water partition coefficient (Wildman–Crippen LogP) is 3.66. The molecule has 0 aliphatic carbocycles. The first-order valence-electron chi connectivity index (χ1n) is 10.4. The van der Waals surface area contributed by atoms with Gasteiger partial charge in [-0.25, -0.2) is 4.98 Å². The number of rotatable bonds is 6. The average Bonchev–Trinajstić information content (AvgIpc) is 3.46. The van der Waals surface area contributed by atoms with Crippen molar-refractivity contribution >= 4 is 17.2 Å². The molecule has 2 aliphatic heterocycles. The summed E-state index contributed by atoms with van der Waals surface area (Å²) < 4.78 is 10.8. The standard InChI is InChI=1S/C22H29N3O3S/c1-27-18-5-6-19(20(13-18)28-2)21-23-17(15-29-21)14-24-11-7-16(8-12-24)22(26)25-9-3-4-10-25/h5-6,13,15-16H,3-4,7-12,14H2,1-2H3. The van der Waals surface area contributed by atoms with E-state index in [0.717, 1.165) is 86.2 Å². The quantitative estimate of drug-likeness (QED) is 0.721. The van der Waals surface area contributed by atoms with Gasteiger partial charge in [-0.1, -0.05) is 0 Å². The number of amides is 1. The molecule has 4 rings (SSSR count). The summed E-state index contributed by atoms with van der Waals surface area (Å²) in [7, 11) is 3.32. The van der Waals surface area contributed by atoms with Crippen molar-refractivity contribution in [3.8, 4) is 22.1 Å². The zero-order valence-electron chi connectivity index (χ0n) is 17.2. The summed E-state index contributed by atoms with van der Waals surface area (Å²) in [5, 5.41) is 3.08. The van der Waals surface area contributed by atoms with Gasteiger partial charge in [0.2, 0.25) is 5.91 Å². The minimum atomic E-state index is 0.207. The van der Waals surface area contributed by atoms with Crippen LogP contribution in [0.1, 0.15) is 31.4 Å². The number of hydrogen-bond donors (Lipinski definition) is 0. The van der Waals surface area contributed by atoms with Crippen molar-refractivity contribution in [2.75, 3.05) is 40.4 Å². The number of methoxy groups -OCH3 is 2. The van der Waals surface area contributed by atoms with Gasteiger partial charge in [0.05, 0.1) is 25.5 Å². The van der Waals surface area contributed by atoms with E-state index in [4.69, 9.17) is 14.5 Å². The van der Waals surface area contributed by atoms with Crippen LogP contribution in [-0.4, -0.2) is 61.1 Å². The number of nitrogens with zero attached hydrogens (tertiary/aromatic N) is 3. The van der Waals surface area contributed by atoms with Gasteiger partial charge in [0.25, 0.3) is 0 Å². The van der Waals surface area contributed by atoms with Gasteiger partial charge in [0.15, 0.2) is 0 Å². The normalized spacial score (nSPS) is 18.2. The van der Waals surface area contributed by atoms with E-state index >= 15 is 0 Å². The van der Waals surface area contributed by atoms with Crippen molar-refractivity contribution in [2.45, 2.75) is 32.2 Å². The van der Waals surface area contributed by atoms with Gasteiger partial charge in [-0.2, -0.15) is 0 Å². The first kappa shape index (κ1) is 20.2. The molecule has 3 heterocycles. The van der Waals surface area contributed by atoms with Crippen LogP contribution in [0.15, 0.2) is 23.6 Å². The highest BCUT2D eigenvalue weighted by Crippen LogP contribution is 2.35. The molecule has 29 heavy (non-hydrogen) atoms. The van der Waals surface area contributed by atoms with Crippen LogP contribution in [-0.2, 0) is 11.3 Å². The fourth-order valence-electron chi connectivity index (χ4n) is 4.24. The van der Waals surface area contributed by atoms with E-state index < -0.39 is 0 Å². The van der Waals surface area contributed by atoms with Gasteiger partial charge < -0.3 is 14.4 Å². The van der Waals surface area contributed by atoms with Crippen molar-refractivity contribution in [3.05, 3.63) is 29.3 Å². The van der Waals surface area contributed by atoms with Gasteiger partial charge in [0, 0.05) is 37.0 Å². The molecule has 2 fully saturated rings. The number of carbonyl (C=O) groups is 1. The number of benzene rings is 1. The van der Waals surface area contributed by atoms with Crippen LogP contribution in [0.25, 0.3) is 10.6 Å². The Morgan fingerprint density at radius 1 is 1.14 bits per heavy atom. The molecule has 6 nitrogen and oxygen atoms in total. The van der Waals surface area contributed by atoms with Gasteiger partial charge in [-0.15, -0.1) is 11.3 Å². The molecule has 2 saturated heterocycles. The lowest BCUT2D eigenvalue weighted by Gasteiger charge is -2.32. The molecule has 2 aliphatic rings. The molecule has 0 spiro atoms. The number of thiazole rings is 1. The van der Waals surface area contributed by atoms with E-state index in [1.54, 1.807) is 25.6 Å². The largest absolute Gasteiger partial charge is 0.497 e. The molecule has 0 saturated carbocycles. The smallest absolute Gasteiger partial charge is 0.225 e. The lowest BCUT2D eigenvalue weighted by Crippen LogP contribution is -2.41. The van der Waals surface area contributed by atoms with Gasteiger partial charge >= 0.3 is 0 Å². The van der Waals surface area contributed by atoms with Crippen LogP contribution in [0.2, 0.25) is 0 Å². The summed E-state index contributed by atoms with van der Waals surface area (Å²) in [6, 6.07) is 5.81. The Morgan fingerprint density at radius 2 is 1.90 bits per heavy atom. The van der Waals surface area contributed by atoms with Crippen molar-refractivity contribution < 1.29 is 14.3 Å². The molecular formula is C22H29N3O3S. The highest BCUT2D eigenvalue weighted by atomic mass is 32.1. The van der Waals surface area contributed by atoms with Crippen LogP contribution in [0, 0.1) is 5.92 Å². The van der Waals surface area contributed by atoms with Crippen LogP contribution >= 0.6 is 11.3 Å². The van der Waals surface area contributed by atoms with Crippen LogP contribution in [0.4, 0.5) is 0 Å². The predicted molar refractivity (Wildman–Crippen MR) is 114 cm³/mol. The first-order chi connectivity index (χ1) is 14.2. The number of hydrogen-bond acceptors (Lipinski definition) is 6. The summed E-state index contributed by atoms with van der Waals surface area (Å²) in [5.41, 5.74) is 2.06.